The van der Waals surface area contributed by atoms with E-state index >= 15 is 0 Å². The van der Waals surface area contributed by atoms with E-state index in [0.717, 1.165) is 50.2 Å². The van der Waals surface area contributed by atoms with Crippen molar-refractivity contribution in [3.05, 3.63) is 23.7 Å². The molecule has 20 heavy (non-hydrogen) atoms. The largest absolute Gasteiger partial charge is 0.465 e. The lowest BCUT2D eigenvalue weighted by Crippen LogP contribution is -2.42. The zero-order valence-electron chi connectivity index (χ0n) is 12.8. The maximum Gasteiger partial charge on any atom is 0.118 e. The van der Waals surface area contributed by atoms with Crippen molar-refractivity contribution < 1.29 is 9.15 Å². The van der Waals surface area contributed by atoms with E-state index in [1.54, 1.807) is 0 Å². The molecule has 0 radical (unpaired) electrons. The fourth-order valence-electron chi connectivity index (χ4n) is 3.64. The van der Waals surface area contributed by atoms with Crippen LogP contribution in [0.15, 0.2) is 16.5 Å². The molecule has 0 N–H and O–H groups in total. The van der Waals surface area contributed by atoms with E-state index < -0.39 is 0 Å². The summed E-state index contributed by atoms with van der Waals surface area (Å²) < 4.78 is 11.7. The third-order valence-corrected chi connectivity index (χ3v) is 4.60. The minimum absolute atomic E-state index is 0.433. The summed E-state index contributed by atoms with van der Waals surface area (Å²) in [6, 6.07) is 4.15. The van der Waals surface area contributed by atoms with Crippen LogP contribution in [0.1, 0.15) is 17.9 Å². The third-order valence-electron chi connectivity index (χ3n) is 4.60. The van der Waals surface area contributed by atoms with E-state index in [9.17, 15) is 0 Å². The molecule has 2 fully saturated rings. The van der Waals surface area contributed by atoms with Crippen molar-refractivity contribution >= 4 is 0 Å². The van der Waals surface area contributed by atoms with E-state index in [4.69, 9.17) is 9.15 Å². The van der Waals surface area contributed by atoms with Crippen molar-refractivity contribution in [2.24, 2.45) is 11.8 Å². The van der Waals surface area contributed by atoms with Gasteiger partial charge in [-0.05, 0) is 52.0 Å². The van der Waals surface area contributed by atoms with Crippen LogP contribution in [0, 0.1) is 18.8 Å². The van der Waals surface area contributed by atoms with Gasteiger partial charge in [-0.15, -0.1) is 0 Å². The number of aryl methyl sites for hydroxylation is 1. The lowest BCUT2D eigenvalue weighted by atomic mass is 9.84. The van der Waals surface area contributed by atoms with Crippen molar-refractivity contribution in [3.8, 4) is 0 Å². The van der Waals surface area contributed by atoms with Gasteiger partial charge >= 0.3 is 0 Å². The number of hydrogen-bond donors (Lipinski definition) is 0. The van der Waals surface area contributed by atoms with Gasteiger partial charge < -0.3 is 14.1 Å². The second-order valence-corrected chi connectivity index (χ2v) is 6.59. The number of piperidine rings is 1. The summed E-state index contributed by atoms with van der Waals surface area (Å²) in [5.41, 5.74) is 0. The Morgan fingerprint density at radius 1 is 1.35 bits per heavy atom. The smallest absolute Gasteiger partial charge is 0.118 e. The summed E-state index contributed by atoms with van der Waals surface area (Å²) in [4.78, 5) is 4.76. The minimum Gasteiger partial charge on any atom is -0.465 e. The first-order valence-electron chi connectivity index (χ1n) is 7.66. The maximum absolute atomic E-state index is 6.02. The Balaban J connectivity index is 1.55. The summed E-state index contributed by atoms with van der Waals surface area (Å²) in [6.45, 7) is 7.24. The number of fused-ring (bicyclic) bond motifs is 1. The molecule has 1 aromatic heterocycles. The molecule has 2 aliphatic rings. The Labute approximate surface area is 121 Å². The van der Waals surface area contributed by atoms with Gasteiger partial charge in [-0.2, -0.15) is 0 Å². The number of rotatable bonds is 4. The molecule has 4 heteroatoms. The van der Waals surface area contributed by atoms with Crippen molar-refractivity contribution in [1.29, 1.82) is 0 Å². The second-order valence-electron chi connectivity index (χ2n) is 6.59. The van der Waals surface area contributed by atoms with Gasteiger partial charge in [0.25, 0.3) is 0 Å². The number of nitrogens with zero attached hydrogens (tertiary/aromatic N) is 2. The van der Waals surface area contributed by atoms with Crippen molar-refractivity contribution in [2.75, 3.05) is 40.3 Å². The highest BCUT2D eigenvalue weighted by molar-refractivity contribution is 5.05. The molecule has 3 atom stereocenters. The summed E-state index contributed by atoms with van der Waals surface area (Å²) in [5.74, 6) is 3.53. The lowest BCUT2D eigenvalue weighted by molar-refractivity contribution is 0.0621. The van der Waals surface area contributed by atoms with E-state index in [2.05, 4.69) is 30.0 Å². The van der Waals surface area contributed by atoms with Crippen LogP contribution in [0.2, 0.25) is 0 Å². The summed E-state index contributed by atoms with van der Waals surface area (Å²) >= 11 is 0. The van der Waals surface area contributed by atoms with Crippen LogP contribution in [-0.4, -0.2) is 56.2 Å². The van der Waals surface area contributed by atoms with Crippen LogP contribution in [0.5, 0.6) is 0 Å². The van der Waals surface area contributed by atoms with E-state index in [0.29, 0.717) is 12.0 Å². The van der Waals surface area contributed by atoms with Crippen LogP contribution in [0.25, 0.3) is 0 Å². The standard InChI is InChI=1S/C16H26N2O2/c1-12-4-5-14(20-12)9-18-7-6-15-13(8-18)11-19-16(15)10-17(2)3/h4-5,13,15-16H,6-11H2,1-3H3/t13-,15-,16+/m1/s1. The molecule has 4 nitrogen and oxygen atoms in total. The maximum atomic E-state index is 6.02. The van der Waals surface area contributed by atoms with Crippen LogP contribution < -0.4 is 0 Å². The van der Waals surface area contributed by atoms with Crippen LogP contribution in [-0.2, 0) is 11.3 Å². The Bertz CT molecular complexity index is 443. The van der Waals surface area contributed by atoms with E-state index in [-0.39, 0.29) is 0 Å². The van der Waals surface area contributed by atoms with Crippen LogP contribution >= 0.6 is 0 Å². The monoisotopic (exact) mass is 278 g/mol. The highest BCUT2D eigenvalue weighted by Crippen LogP contribution is 2.35. The van der Waals surface area contributed by atoms with Crippen LogP contribution in [0.3, 0.4) is 0 Å². The van der Waals surface area contributed by atoms with E-state index in [1.165, 1.54) is 6.42 Å². The molecule has 0 bridgehead atoms. The molecule has 2 saturated heterocycles. The predicted molar refractivity (Wildman–Crippen MR) is 78.6 cm³/mol. The Hall–Kier alpha value is -0.840. The SMILES string of the molecule is Cc1ccc(CN2CC[C@@H]3[C@@H](CO[C@H]3CN(C)C)C2)o1. The molecule has 2 aliphatic heterocycles. The number of furan rings is 1. The quantitative estimate of drug-likeness (QED) is 0.842. The first kappa shape index (κ1) is 14.1. The van der Waals surface area contributed by atoms with Gasteiger partial charge in [0.1, 0.15) is 11.5 Å². The van der Waals surface area contributed by atoms with Gasteiger partial charge in [-0.1, -0.05) is 0 Å². The van der Waals surface area contributed by atoms with Gasteiger partial charge in [-0.3, -0.25) is 4.90 Å². The molecule has 0 amide bonds. The average Bonchev–Trinajstić information content (AvgIpc) is 2.96. The zero-order valence-corrected chi connectivity index (χ0v) is 12.8. The lowest BCUT2D eigenvalue weighted by Gasteiger charge is -2.35. The first-order chi connectivity index (χ1) is 9.61. The number of ether oxygens (including phenoxy) is 1. The highest BCUT2D eigenvalue weighted by Gasteiger charge is 2.40. The number of hydrogen-bond acceptors (Lipinski definition) is 4. The number of likely N-dealkylation sites (N-methyl/N-ethyl adjacent to an activating group) is 1. The predicted octanol–water partition coefficient (Wildman–Crippen LogP) is 1.99. The van der Waals surface area contributed by atoms with Crippen LogP contribution in [0.4, 0.5) is 0 Å². The molecular formula is C16H26N2O2. The number of likely N-dealkylation sites (tertiary alicyclic amines) is 1. The summed E-state index contributed by atoms with van der Waals surface area (Å²) in [5, 5.41) is 0. The van der Waals surface area contributed by atoms with Gasteiger partial charge in [-0.25, -0.2) is 0 Å². The molecule has 0 spiro atoms. The third kappa shape index (κ3) is 3.08. The van der Waals surface area contributed by atoms with Crippen molar-refractivity contribution in [1.82, 2.24) is 9.80 Å². The topological polar surface area (TPSA) is 28.9 Å². The summed E-state index contributed by atoms with van der Waals surface area (Å²) in [7, 11) is 4.26. The normalized spacial score (nSPS) is 30.9. The molecule has 0 aliphatic carbocycles. The summed E-state index contributed by atoms with van der Waals surface area (Å²) in [6.07, 6.45) is 1.69. The molecule has 112 valence electrons. The molecule has 3 heterocycles. The minimum atomic E-state index is 0.433. The molecule has 1 aromatic rings. The Morgan fingerprint density at radius 2 is 2.20 bits per heavy atom. The first-order valence-corrected chi connectivity index (χ1v) is 7.66. The van der Waals surface area contributed by atoms with Gasteiger partial charge in [0.15, 0.2) is 0 Å². The fourth-order valence-corrected chi connectivity index (χ4v) is 3.64. The molecular weight excluding hydrogens is 252 g/mol. The highest BCUT2D eigenvalue weighted by atomic mass is 16.5. The van der Waals surface area contributed by atoms with Crippen molar-refractivity contribution in [2.45, 2.75) is 26.0 Å². The van der Waals surface area contributed by atoms with Crippen molar-refractivity contribution in [3.63, 3.8) is 0 Å². The van der Waals surface area contributed by atoms with E-state index in [1.807, 2.05) is 13.0 Å². The molecule has 0 aromatic carbocycles. The Kier molecular flexibility index (Phi) is 4.15. The average molecular weight is 278 g/mol. The molecule has 0 saturated carbocycles. The van der Waals surface area contributed by atoms with Gasteiger partial charge in [0, 0.05) is 19.0 Å². The zero-order chi connectivity index (χ0) is 14.1. The second kappa shape index (κ2) is 5.88. The fraction of sp³-hybridized carbons (Fsp3) is 0.750. The molecule has 3 rings (SSSR count). The van der Waals surface area contributed by atoms with Gasteiger partial charge in [0.2, 0.25) is 0 Å². The Morgan fingerprint density at radius 3 is 2.90 bits per heavy atom. The van der Waals surface area contributed by atoms with Gasteiger partial charge in [0.05, 0.1) is 19.3 Å². The molecule has 0 unspecified atom stereocenters.